The van der Waals surface area contributed by atoms with Crippen molar-refractivity contribution in [3.8, 4) is 5.75 Å². The van der Waals surface area contributed by atoms with Crippen LogP contribution in [0.5, 0.6) is 5.75 Å². The van der Waals surface area contributed by atoms with Gasteiger partial charge in [0.1, 0.15) is 5.75 Å². The molecular formula is C17H13ClF3NO3. The Morgan fingerprint density at radius 2 is 1.56 bits per heavy atom. The van der Waals surface area contributed by atoms with Crippen molar-refractivity contribution in [1.82, 2.24) is 0 Å². The zero-order valence-electron chi connectivity index (χ0n) is 12.8. The molecule has 0 bridgehead atoms. The Morgan fingerprint density at radius 3 is 2.12 bits per heavy atom. The van der Waals surface area contributed by atoms with Crippen molar-refractivity contribution in [2.24, 2.45) is 0 Å². The SMILES string of the molecule is O=C(CCC(=O)c1ccc(Cl)cc1)Nc1ccc(OC(F)(F)F)cc1. The molecule has 2 rings (SSSR count). The Morgan fingerprint density at radius 1 is 0.960 bits per heavy atom. The van der Waals surface area contributed by atoms with E-state index in [9.17, 15) is 22.8 Å². The molecule has 0 fully saturated rings. The second-order valence-electron chi connectivity index (χ2n) is 5.05. The first-order valence-electron chi connectivity index (χ1n) is 7.17. The molecule has 0 saturated heterocycles. The number of anilines is 1. The summed E-state index contributed by atoms with van der Waals surface area (Å²) in [4.78, 5) is 23.8. The zero-order chi connectivity index (χ0) is 18.4. The van der Waals surface area contributed by atoms with E-state index in [0.717, 1.165) is 12.1 Å². The highest BCUT2D eigenvalue weighted by molar-refractivity contribution is 6.30. The highest BCUT2D eigenvalue weighted by atomic mass is 35.5. The Hall–Kier alpha value is -2.54. The maximum absolute atomic E-state index is 12.1. The number of nitrogens with one attached hydrogen (secondary N) is 1. The largest absolute Gasteiger partial charge is 0.573 e. The summed E-state index contributed by atoms with van der Waals surface area (Å²) in [6, 6.07) is 11.0. The first-order chi connectivity index (χ1) is 11.7. The number of hydrogen-bond donors (Lipinski definition) is 1. The monoisotopic (exact) mass is 371 g/mol. The molecule has 0 heterocycles. The number of ether oxygens (including phenoxy) is 1. The molecule has 25 heavy (non-hydrogen) atoms. The minimum atomic E-state index is -4.77. The molecule has 0 aliphatic carbocycles. The number of carbonyl (C=O) groups is 2. The molecule has 132 valence electrons. The number of amides is 1. The van der Waals surface area contributed by atoms with Gasteiger partial charge in [-0.3, -0.25) is 9.59 Å². The topological polar surface area (TPSA) is 55.4 Å². The summed E-state index contributed by atoms with van der Waals surface area (Å²) in [5, 5.41) is 3.01. The van der Waals surface area contributed by atoms with Gasteiger partial charge < -0.3 is 10.1 Å². The molecule has 0 atom stereocenters. The molecule has 0 saturated carbocycles. The van der Waals surface area contributed by atoms with Gasteiger partial charge in [-0.25, -0.2) is 0 Å². The summed E-state index contributed by atoms with van der Waals surface area (Å²) in [6.07, 6.45) is -4.82. The molecule has 2 aromatic rings. The quantitative estimate of drug-likeness (QED) is 0.739. The van der Waals surface area contributed by atoms with Crippen LogP contribution >= 0.6 is 11.6 Å². The fourth-order valence-corrected chi connectivity index (χ4v) is 2.10. The number of halogens is 4. The summed E-state index contributed by atoms with van der Waals surface area (Å²) < 4.78 is 39.9. The summed E-state index contributed by atoms with van der Waals surface area (Å²) >= 11 is 5.73. The average Bonchev–Trinajstić information content (AvgIpc) is 2.54. The van der Waals surface area contributed by atoms with E-state index in [1.807, 2.05) is 0 Å². The number of carbonyl (C=O) groups excluding carboxylic acids is 2. The van der Waals surface area contributed by atoms with Crippen LogP contribution in [0.3, 0.4) is 0 Å². The molecule has 0 aromatic heterocycles. The Bertz CT molecular complexity index is 743. The summed E-state index contributed by atoms with van der Waals surface area (Å²) in [7, 11) is 0. The van der Waals surface area contributed by atoms with Crippen LogP contribution in [0.4, 0.5) is 18.9 Å². The second kappa shape index (κ2) is 8.02. The van der Waals surface area contributed by atoms with Gasteiger partial charge in [0.2, 0.25) is 5.91 Å². The van der Waals surface area contributed by atoms with E-state index >= 15 is 0 Å². The van der Waals surface area contributed by atoms with E-state index in [0.29, 0.717) is 16.3 Å². The van der Waals surface area contributed by atoms with E-state index in [1.54, 1.807) is 24.3 Å². The average molecular weight is 372 g/mol. The van der Waals surface area contributed by atoms with E-state index in [2.05, 4.69) is 10.1 Å². The number of hydrogen-bond acceptors (Lipinski definition) is 3. The molecule has 1 N–H and O–H groups in total. The fourth-order valence-electron chi connectivity index (χ4n) is 1.97. The van der Waals surface area contributed by atoms with Crippen LogP contribution in [0.1, 0.15) is 23.2 Å². The molecule has 0 aliphatic heterocycles. The number of ketones is 1. The highest BCUT2D eigenvalue weighted by Gasteiger charge is 2.30. The third kappa shape index (κ3) is 6.46. The molecule has 1 amide bonds. The van der Waals surface area contributed by atoms with Crippen LogP contribution in [0.25, 0.3) is 0 Å². The van der Waals surface area contributed by atoms with Gasteiger partial charge in [-0.2, -0.15) is 0 Å². The number of benzene rings is 2. The smallest absolute Gasteiger partial charge is 0.406 e. The second-order valence-corrected chi connectivity index (χ2v) is 5.49. The van der Waals surface area contributed by atoms with Crippen molar-refractivity contribution in [3.63, 3.8) is 0 Å². The van der Waals surface area contributed by atoms with Gasteiger partial charge in [0.25, 0.3) is 0 Å². The van der Waals surface area contributed by atoms with E-state index in [4.69, 9.17) is 11.6 Å². The fraction of sp³-hybridized carbons (Fsp3) is 0.176. The summed E-state index contributed by atoms with van der Waals surface area (Å²) in [5.74, 6) is -1.02. The van der Waals surface area contributed by atoms with Gasteiger partial charge in [0.15, 0.2) is 5.78 Å². The molecule has 0 aliphatic rings. The molecule has 0 unspecified atom stereocenters. The van der Waals surface area contributed by atoms with Gasteiger partial charge >= 0.3 is 6.36 Å². The molecule has 0 spiro atoms. The van der Waals surface area contributed by atoms with Crippen molar-refractivity contribution in [2.75, 3.05) is 5.32 Å². The standard InChI is InChI=1S/C17H13ClF3NO3/c18-12-3-1-11(2-4-12)15(23)9-10-16(24)22-13-5-7-14(8-6-13)25-17(19,20)21/h1-8H,9-10H2,(H,22,24). The normalized spacial score (nSPS) is 11.0. The van der Waals surface area contributed by atoms with Crippen LogP contribution < -0.4 is 10.1 Å². The summed E-state index contributed by atoms with van der Waals surface area (Å²) in [5.41, 5.74) is 0.754. The van der Waals surface area contributed by atoms with Crippen LogP contribution in [0, 0.1) is 0 Å². The third-order valence-electron chi connectivity index (χ3n) is 3.12. The lowest BCUT2D eigenvalue weighted by Gasteiger charge is -2.10. The van der Waals surface area contributed by atoms with Gasteiger partial charge in [0.05, 0.1) is 0 Å². The first-order valence-corrected chi connectivity index (χ1v) is 7.55. The maximum Gasteiger partial charge on any atom is 0.573 e. The number of alkyl halides is 3. The lowest BCUT2D eigenvalue weighted by molar-refractivity contribution is -0.274. The van der Waals surface area contributed by atoms with Crippen LogP contribution in [-0.2, 0) is 4.79 Å². The van der Waals surface area contributed by atoms with Gasteiger partial charge in [0, 0.05) is 29.1 Å². The Labute approximate surface area is 146 Å². The van der Waals surface area contributed by atoms with E-state index < -0.39 is 12.3 Å². The highest BCUT2D eigenvalue weighted by Crippen LogP contribution is 2.24. The van der Waals surface area contributed by atoms with Crippen molar-refractivity contribution in [3.05, 3.63) is 59.1 Å². The summed E-state index contributed by atoms with van der Waals surface area (Å²) in [6.45, 7) is 0. The van der Waals surface area contributed by atoms with Gasteiger partial charge in [-0.15, -0.1) is 13.2 Å². The van der Waals surface area contributed by atoms with Gasteiger partial charge in [-0.05, 0) is 48.5 Å². The first kappa shape index (κ1) is 18.8. The molecular weight excluding hydrogens is 359 g/mol. The number of rotatable bonds is 6. The Kier molecular flexibility index (Phi) is 6.03. The van der Waals surface area contributed by atoms with Crippen molar-refractivity contribution < 1.29 is 27.5 Å². The van der Waals surface area contributed by atoms with Crippen molar-refractivity contribution in [2.45, 2.75) is 19.2 Å². The molecule has 4 nitrogen and oxygen atoms in total. The predicted molar refractivity (Wildman–Crippen MR) is 86.8 cm³/mol. The molecule has 0 radical (unpaired) electrons. The molecule has 2 aromatic carbocycles. The lowest BCUT2D eigenvalue weighted by atomic mass is 10.1. The van der Waals surface area contributed by atoms with Crippen LogP contribution in [-0.4, -0.2) is 18.1 Å². The van der Waals surface area contributed by atoms with E-state index in [-0.39, 0.29) is 24.4 Å². The minimum absolute atomic E-state index is 0.00271. The van der Waals surface area contributed by atoms with Crippen molar-refractivity contribution >= 4 is 29.0 Å². The third-order valence-corrected chi connectivity index (χ3v) is 3.37. The van der Waals surface area contributed by atoms with Crippen LogP contribution in [0.15, 0.2) is 48.5 Å². The lowest BCUT2D eigenvalue weighted by Crippen LogP contribution is -2.17. The van der Waals surface area contributed by atoms with Gasteiger partial charge in [-0.1, -0.05) is 11.6 Å². The number of Topliss-reactive ketones (excluding diaryl/α,β-unsaturated/α-hetero) is 1. The minimum Gasteiger partial charge on any atom is -0.406 e. The maximum atomic E-state index is 12.1. The predicted octanol–water partition coefficient (Wildman–Crippen LogP) is 4.84. The Balaban J connectivity index is 1.83. The van der Waals surface area contributed by atoms with E-state index in [1.165, 1.54) is 12.1 Å². The van der Waals surface area contributed by atoms with Crippen LogP contribution in [0.2, 0.25) is 5.02 Å². The van der Waals surface area contributed by atoms with Crippen molar-refractivity contribution in [1.29, 1.82) is 0 Å². The molecule has 8 heteroatoms. The zero-order valence-corrected chi connectivity index (χ0v) is 13.5.